The first kappa shape index (κ1) is 12.0. The molecule has 0 spiro atoms. The summed E-state index contributed by atoms with van der Waals surface area (Å²) in [5.74, 6) is 2.24. The van der Waals surface area contributed by atoms with Gasteiger partial charge in [-0.2, -0.15) is 0 Å². The Bertz CT molecular complexity index is 122. The Balaban J connectivity index is 3.95. The van der Waals surface area contributed by atoms with Gasteiger partial charge in [0.15, 0.2) is 0 Å². The van der Waals surface area contributed by atoms with Crippen LogP contribution in [0.3, 0.4) is 0 Å². The molecule has 0 radical (unpaired) electrons. The Kier molecular flexibility index (Phi) is 6.47. The molecule has 0 N–H and O–H groups in total. The molecule has 0 heterocycles. The number of hydrogen-bond donors (Lipinski definition) is 0. The van der Waals surface area contributed by atoms with Crippen LogP contribution in [-0.4, -0.2) is 17.9 Å². The molecular weight excluding hydrogens is 167 g/mol. The van der Waals surface area contributed by atoms with Crippen LogP contribution < -0.4 is 0 Å². The molecular formula is C10H21OP. The van der Waals surface area contributed by atoms with E-state index in [4.69, 9.17) is 4.74 Å². The van der Waals surface area contributed by atoms with E-state index in [1.807, 2.05) is 13.2 Å². The molecule has 0 aliphatic carbocycles. The van der Waals surface area contributed by atoms with Crippen LogP contribution in [-0.2, 0) is 4.74 Å². The quantitative estimate of drug-likeness (QED) is 0.471. The van der Waals surface area contributed by atoms with E-state index in [1.54, 1.807) is 0 Å². The monoisotopic (exact) mass is 188 g/mol. The van der Waals surface area contributed by atoms with Crippen LogP contribution in [0.2, 0.25) is 0 Å². The molecule has 0 aromatic rings. The smallest absolute Gasteiger partial charge is 0.0845 e. The second-order valence-corrected chi connectivity index (χ2v) is 6.63. The summed E-state index contributed by atoms with van der Waals surface area (Å²) in [7, 11) is 0.00418. The van der Waals surface area contributed by atoms with Crippen molar-refractivity contribution in [3.05, 3.63) is 12.1 Å². The molecule has 0 saturated carbocycles. The molecule has 0 saturated heterocycles. The van der Waals surface area contributed by atoms with Gasteiger partial charge in [-0.25, -0.2) is 0 Å². The van der Waals surface area contributed by atoms with E-state index in [0.29, 0.717) is 0 Å². The van der Waals surface area contributed by atoms with E-state index < -0.39 is 0 Å². The molecule has 72 valence electrons. The highest BCUT2D eigenvalue weighted by Crippen LogP contribution is 2.47. The second kappa shape index (κ2) is 6.48. The van der Waals surface area contributed by atoms with Crippen LogP contribution >= 0.6 is 7.92 Å². The van der Waals surface area contributed by atoms with E-state index in [-0.39, 0.29) is 7.92 Å². The van der Waals surface area contributed by atoms with Crippen molar-refractivity contribution in [2.75, 3.05) is 6.61 Å². The Hall–Kier alpha value is -0.0300. The molecule has 0 bridgehead atoms. The van der Waals surface area contributed by atoms with Gasteiger partial charge in [-0.05, 0) is 24.1 Å². The van der Waals surface area contributed by atoms with Gasteiger partial charge in [-0.1, -0.05) is 35.6 Å². The van der Waals surface area contributed by atoms with Crippen LogP contribution in [0.5, 0.6) is 0 Å². The molecule has 0 aromatic carbocycles. The maximum Gasteiger partial charge on any atom is 0.0845 e. The normalized spacial score (nSPS) is 12.3. The van der Waals surface area contributed by atoms with Crippen LogP contribution in [0, 0.1) is 0 Å². The van der Waals surface area contributed by atoms with Crippen molar-refractivity contribution in [1.29, 1.82) is 0 Å². The van der Waals surface area contributed by atoms with Gasteiger partial charge in [-0.3, -0.25) is 0 Å². The molecule has 2 heteroatoms. The minimum absolute atomic E-state index is 0.00418. The Morgan fingerprint density at radius 1 is 1.17 bits per heavy atom. The minimum Gasteiger partial charge on any atom is -0.501 e. The maximum atomic E-state index is 5.20. The highest BCUT2D eigenvalue weighted by atomic mass is 31.1. The number of rotatable bonds is 5. The summed E-state index contributed by atoms with van der Waals surface area (Å²) >= 11 is 0. The van der Waals surface area contributed by atoms with Crippen molar-refractivity contribution in [3.8, 4) is 0 Å². The van der Waals surface area contributed by atoms with Gasteiger partial charge in [0.05, 0.1) is 12.9 Å². The summed E-state index contributed by atoms with van der Waals surface area (Å²) in [6, 6.07) is 0. The van der Waals surface area contributed by atoms with Crippen molar-refractivity contribution in [3.63, 3.8) is 0 Å². The summed E-state index contributed by atoms with van der Waals surface area (Å²) in [4.78, 5) is 0. The summed E-state index contributed by atoms with van der Waals surface area (Å²) in [5, 5.41) is 0. The largest absolute Gasteiger partial charge is 0.501 e. The van der Waals surface area contributed by atoms with E-state index in [9.17, 15) is 0 Å². The van der Waals surface area contributed by atoms with Gasteiger partial charge in [0.25, 0.3) is 0 Å². The summed E-state index contributed by atoms with van der Waals surface area (Å²) in [6.45, 7) is 11.9. The van der Waals surface area contributed by atoms with Crippen LogP contribution in [0.4, 0.5) is 0 Å². The van der Waals surface area contributed by atoms with E-state index in [2.05, 4.69) is 33.5 Å². The van der Waals surface area contributed by atoms with Crippen molar-refractivity contribution in [2.45, 2.75) is 45.9 Å². The van der Waals surface area contributed by atoms with Crippen LogP contribution in [0.1, 0.15) is 34.6 Å². The highest BCUT2D eigenvalue weighted by Gasteiger charge is 2.12. The Morgan fingerprint density at radius 2 is 1.67 bits per heavy atom. The lowest BCUT2D eigenvalue weighted by Gasteiger charge is -2.21. The zero-order valence-electron chi connectivity index (χ0n) is 8.87. The van der Waals surface area contributed by atoms with E-state index in [0.717, 1.165) is 17.9 Å². The minimum atomic E-state index is 0.00418. The molecule has 0 fully saturated rings. The lowest BCUT2D eigenvalue weighted by atomic mass is 10.5. The summed E-state index contributed by atoms with van der Waals surface area (Å²) < 4.78 is 5.20. The van der Waals surface area contributed by atoms with Gasteiger partial charge in [-0.15, -0.1) is 0 Å². The SMILES string of the molecule is CCO/C=C/P(C(C)C)C(C)C. The van der Waals surface area contributed by atoms with Crippen molar-refractivity contribution < 1.29 is 4.74 Å². The predicted molar refractivity (Wildman–Crippen MR) is 58.0 cm³/mol. The first-order chi connectivity index (χ1) is 5.59. The molecule has 0 amide bonds. The van der Waals surface area contributed by atoms with Crippen molar-refractivity contribution >= 4 is 7.92 Å². The first-order valence-electron chi connectivity index (χ1n) is 4.65. The molecule has 0 unspecified atom stereocenters. The van der Waals surface area contributed by atoms with Crippen molar-refractivity contribution in [1.82, 2.24) is 0 Å². The molecule has 0 aliphatic rings. The molecule has 0 aliphatic heterocycles. The average molecular weight is 188 g/mol. The van der Waals surface area contributed by atoms with Gasteiger partial charge in [0, 0.05) is 0 Å². The second-order valence-electron chi connectivity index (χ2n) is 3.38. The fraction of sp³-hybridized carbons (Fsp3) is 0.800. The van der Waals surface area contributed by atoms with Crippen molar-refractivity contribution in [2.24, 2.45) is 0 Å². The maximum absolute atomic E-state index is 5.20. The molecule has 12 heavy (non-hydrogen) atoms. The lowest BCUT2D eigenvalue weighted by Crippen LogP contribution is -2.00. The third kappa shape index (κ3) is 4.77. The number of hydrogen-bond acceptors (Lipinski definition) is 1. The zero-order valence-corrected chi connectivity index (χ0v) is 9.77. The summed E-state index contributed by atoms with van der Waals surface area (Å²) in [6.07, 6.45) is 1.87. The molecule has 0 aromatic heterocycles. The predicted octanol–water partition coefficient (Wildman–Crippen LogP) is 3.79. The fourth-order valence-corrected chi connectivity index (χ4v) is 3.26. The standard InChI is InChI=1S/C10H21OP/c1-6-11-7-8-12(9(2)3)10(4)5/h7-10H,6H2,1-5H3/b8-7+. The van der Waals surface area contributed by atoms with Gasteiger partial charge in [0.1, 0.15) is 0 Å². The average Bonchev–Trinajstić information content (AvgIpc) is 1.96. The number of ether oxygens (including phenoxy) is 1. The Labute approximate surface area is 77.9 Å². The van der Waals surface area contributed by atoms with E-state index >= 15 is 0 Å². The fourth-order valence-electron chi connectivity index (χ4n) is 1.15. The van der Waals surface area contributed by atoms with E-state index in [1.165, 1.54) is 0 Å². The summed E-state index contributed by atoms with van der Waals surface area (Å²) in [5.41, 5.74) is 1.52. The first-order valence-corrected chi connectivity index (χ1v) is 6.20. The van der Waals surface area contributed by atoms with Crippen LogP contribution in [0.25, 0.3) is 0 Å². The van der Waals surface area contributed by atoms with Gasteiger partial charge < -0.3 is 4.74 Å². The topological polar surface area (TPSA) is 9.23 Å². The highest BCUT2D eigenvalue weighted by molar-refractivity contribution is 7.62. The zero-order chi connectivity index (χ0) is 9.56. The van der Waals surface area contributed by atoms with Crippen LogP contribution in [0.15, 0.2) is 12.1 Å². The molecule has 0 atom stereocenters. The third-order valence-corrected chi connectivity index (χ3v) is 4.54. The third-order valence-electron chi connectivity index (χ3n) is 1.69. The molecule has 0 rings (SSSR count). The van der Waals surface area contributed by atoms with Gasteiger partial charge >= 0.3 is 0 Å². The molecule has 1 nitrogen and oxygen atoms in total. The lowest BCUT2D eigenvalue weighted by molar-refractivity contribution is 0.270. The van der Waals surface area contributed by atoms with Gasteiger partial charge in [0.2, 0.25) is 0 Å². The Morgan fingerprint density at radius 3 is 2.00 bits per heavy atom.